The first-order valence-electron chi connectivity index (χ1n) is 5.53. The number of nitrogens with one attached hydrogen (secondary N) is 1. The van der Waals surface area contributed by atoms with Crippen LogP contribution < -0.4 is 15.3 Å². The molecular formula is C13H14N3O+. The number of H-pyrrole nitrogens is 1. The Labute approximate surface area is 98.4 Å². The molecule has 2 aromatic heterocycles. The maximum Gasteiger partial charge on any atom is 0.273 e. The molecule has 3 rings (SSSR count). The lowest BCUT2D eigenvalue weighted by atomic mass is 10.1. The van der Waals surface area contributed by atoms with Gasteiger partial charge in [0.2, 0.25) is 0 Å². The van der Waals surface area contributed by atoms with Gasteiger partial charge in [-0.3, -0.25) is 4.79 Å². The van der Waals surface area contributed by atoms with Gasteiger partial charge in [-0.2, -0.15) is 0 Å². The smallest absolute Gasteiger partial charge is 0.273 e. The lowest BCUT2D eigenvalue weighted by molar-refractivity contribution is -0.340. The summed E-state index contributed by atoms with van der Waals surface area (Å²) in [5, 5.41) is 2.10. The Balaban J connectivity index is 2.62. The van der Waals surface area contributed by atoms with Crippen LogP contribution in [0.25, 0.3) is 21.8 Å². The standard InChI is InChI=1S/C13H13N3O/c1-15(2)10-6-9-11-8(4-5-16(9)3)7-14-12(11)13(10)17/h4-7H,1-3H3/p+1. The second-order valence-corrected chi connectivity index (χ2v) is 4.56. The number of aromatic nitrogens is 2. The summed E-state index contributed by atoms with van der Waals surface area (Å²) in [6, 6.07) is 3.96. The molecule has 0 aliphatic heterocycles. The molecular weight excluding hydrogens is 214 g/mol. The SMILES string of the molecule is CN(C)c1cc2c3c(ccn2C)c[nH+]c3c1=O. The molecule has 0 saturated heterocycles. The molecule has 17 heavy (non-hydrogen) atoms. The highest BCUT2D eigenvalue weighted by Crippen LogP contribution is 2.24. The molecule has 3 aromatic rings. The van der Waals surface area contributed by atoms with Crippen LogP contribution in [0.15, 0.2) is 29.3 Å². The van der Waals surface area contributed by atoms with Crippen molar-refractivity contribution in [2.24, 2.45) is 7.05 Å². The molecule has 0 amide bonds. The van der Waals surface area contributed by atoms with E-state index in [1.54, 1.807) is 0 Å². The molecule has 0 aliphatic rings. The van der Waals surface area contributed by atoms with Gasteiger partial charge in [0.05, 0.1) is 22.0 Å². The average Bonchev–Trinajstić information content (AvgIpc) is 2.71. The quantitative estimate of drug-likeness (QED) is 0.623. The fraction of sp³-hybridized carbons (Fsp3) is 0.231. The second kappa shape index (κ2) is 3.20. The van der Waals surface area contributed by atoms with Crippen molar-refractivity contribution in [2.45, 2.75) is 0 Å². The molecule has 86 valence electrons. The van der Waals surface area contributed by atoms with Crippen LogP contribution in [0.5, 0.6) is 0 Å². The molecule has 0 saturated carbocycles. The van der Waals surface area contributed by atoms with Crippen LogP contribution in [0.2, 0.25) is 0 Å². The molecule has 1 aromatic carbocycles. The number of hydrogen-bond donors (Lipinski definition) is 0. The molecule has 0 bridgehead atoms. The molecule has 4 heteroatoms. The molecule has 0 atom stereocenters. The second-order valence-electron chi connectivity index (χ2n) is 4.56. The first-order valence-corrected chi connectivity index (χ1v) is 5.53. The average molecular weight is 228 g/mol. The van der Waals surface area contributed by atoms with Gasteiger partial charge in [-0.15, -0.1) is 0 Å². The van der Waals surface area contributed by atoms with Gasteiger partial charge in [0, 0.05) is 27.3 Å². The van der Waals surface area contributed by atoms with E-state index >= 15 is 0 Å². The monoisotopic (exact) mass is 228 g/mol. The van der Waals surface area contributed by atoms with Gasteiger partial charge in [-0.25, -0.2) is 4.98 Å². The van der Waals surface area contributed by atoms with E-state index in [1.807, 2.05) is 55.1 Å². The Morgan fingerprint density at radius 2 is 2.12 bits per heavy atom. The van der Waals surface area contributed by atoms with Crippen molar-refractivity contribution in [3.8, 4) is 0 Å². The Morgan fingerprint density at radius 1 is 1.35 bits per heavy atom. The van der Waals surface area contributed by atoms with Gasteiger partial charge in [-0.1, -0.05) is 0 Å². The topological polar surface area (TPSA) is 39.4 Å². The van der Waals surface area contributed by atoms with Crippen molar-refractivity contribution < 1.29 is 4.98 Å². The van der Waals surface area contributed by atoms with E-state index in [1.165, 1.54) is 0 Å². The van der Waals surface area contributed by atoms with Gasteiger partial charge in [-0.05, 0) is 12.1 Å². The zero-order chi connectivity index (χ0) is 12.2. The molecule has 0 unspecified atom stereocenters. The Morgan fingerprint density at radius 3 is 2.82 bits per heavy atom. The maximum absolute atomic E-state index is 12.3. The summed E-state index contributed by atoms with van der Waals surface area (Å²) >= 11 is 0. The van der Waals surface area contributed by atoms with E-state index in [-0.39, 0.29) is 5.43 Å². The highest BCUT2D eigenvalue weighted by Gasteiger charge is 2.19. The predicted octanol–water partition coefficient (Wildman–Crippen LogP) is 1.01. The van der Waals surface area contributed by atoms with Crippen molar-refractivity contribution >= 4 is 27.5 Å². The van der Waals surface area contributed by atoms with E-state index in [9.17, 15) is 4.79 Å². The number of aromatic amines is 1. The summed E-state index contributed by atoms with van der Waals surface area (Å²) in [5.41, 5.74) is 2.53. The van der Waals surface area contributed by atoms with Crippen LogP contribution in [0.4, 0.5) is 5.69 Å². The fourth-order valence-electron chi connectivity index (χ4n) is 2.30. The number of pyridine rings is 1. The largest absolute Gasteiger partial charge is 0.374 e. The minimum Gasteiger partial charge on any atom is -0.374 e. The Kier molecular flexibility index (Phi) is 1.90. The normalized spacial score (nSPS) is 11.5. The number of anilines is 1. The molecule has 0 spiro atoms. The van der Waals surface area contributed by atoms with Gasteiger partial charge in [0.25, 0.3) is 10.9 Å². The zero-order valence-electron chi connectivity index (χ0n) is 10.1. The molecule has 0 radical (unpaired) electrons. The van der Waals surface area contributed by atoms with Crippen LogP contribution in [0.3, 0.4) is 0 Å². The van der Waals surface area contributed by atoms with Gasteiger partial charge < -0.3 is 9.47 Å². The van der Waals surface area contributed by atoms with E-state index in [2.05, 4.69) is 4.98 Å². The van der Waals surface area contributed by atoms with Gasteiger partial charge in [0.1, 0.15) is 0 Å². The summed E-state index contributed by atoms with van der Waals surface area (Å²) in [4.78, 5) is 17.2. The number of aryl methyl sites for hydroxylation is 1. The molecule has 0 aliphatic carbocycles. The van der Waals surface area contributed by atoms with Crippen LogP contribution in [-0.2, 0) is 7.05 Å². The zero-order valence-corrected chi connectivity index (χ0v) is 10.1. The van der Waals surface area contributed by atoms with Crippen molar-refractivity contribution in [3.63, 3.8) is 0 Å². The van der Waals surface area contributed by atoms with Crippen LogP contribution in [0, 0.1) is 0 Å². The molecule has 1 N–H and O–H groups in total. The molecule has 0 fully saturated rings. The number of rotatable bonds is 1. The fourth-order valence-corrected chi connectivity index (χ4v) is 2.30. The highest BCUT2D eigenvalue weighted by atomic mass is 16.1. The third-order valence-corrected chi connectivity index (χ3v) is 3.24. The predicted molar refractivity (Wildman–Crippen MR) is 68.8 cm³/mol. The van der Waals surface area contributed by atoms with Crippen molar-refractivity contribution in [1.82, 2.24) is 4.57 Å². The van der Waals surface area contributed by atoms with E-state index in [0.717, 1.165) is 16.3 Å². The van der Waals surface area contributed by atoms with Gasteiger partial charge >= 0.3 is 0 Å². The molecule has 2 heterocycles. The third kappa shape index (κ3) is 1.24. The van der Waals surface area contributed by atoms with Crippen molar-refractivity contribution in [3.05, 3.63) is 34.7 Å². The lowest BCUT2D eigenvalue weighted by Gasteiger charge is -2.12. The number of hydrogen-bond acceptors (Lipinski definition) is 2. The highest BCUT2D eigenvalue weighted by molar-refractivity contribution is 6.07. The van der Waals surface area contributed by atoms with E-state index in [0.29, 0.717) is 11.2 Å². The van der Waals surface area contributed by atoms with Crippen LogP contribution in [0.1, 0.15) is 0 Å². The lowest BCUT2D eigenvalue weighted by Crippen LogP contribution is -2.21. The number of nitrogens with zero attached hydrogens (tertiary/aromatic N) is 2. The third-order valence-electron chi connectivity index (χ3n) is 3.24. The molecule has 4 nitrogen and oxygen atoms in total. The summed E-state index contributed by atoms with van der Waals surface area (Å²) in [6.45, 7) is 0. The van der Waals surface area contributed by atoms with Crippen molar-refractivity contribution in [2.75, 3.05) is 19.0 Å². The van der Waals surface area contributed by atoms with Gasteiger partial charge in [0.15, 0.2) is 6.20 Å². The van der Waals surface area contributed by atoms with Crippen LogP contribution >= 0.6 is 0 Å². The minimum absolute atomic E-state index is 0.0590. The van der Waals surface area contributed by atoms with Crippen LogP contribution in [-0.4, -0.2) is 18.7 Å². The Bertz CT molecular complexity index is 758. The summed E-state index contributed by atoms with van der Waals surface area (Å²) in [6.07, 6.45) is 3.90. The van der Waals surface area contributed by atoms with Crippen molar-refractivity contribution in [1.29, 1.82) is 0 Å². The summed E-state index contributed by atoms with van der Waals surface area (Å²) < 4.78 is 2.04. The number of benzene rings is 1. The minimum atomic E-state index is 0.0590. The Hall–Kier alpha value is -2.10. The van der Waals surface area contributed by atoms with E-state index < -0.39 is 0 Å². The summed E-state index contributed by atoms with van der Waals surface area (Å²) in [5.74, 6) is 0. The van der Waals surface area contributed by atoms with E-state index in [4.69, 9.17) is 0 Å². The summed E-state index contributed by atoms with van der Waals surface area (Å²) in [7, 11) is 5.76. The first kappa shape index (κ1) is 10.1. The maximum atomic E-state index is 12.3. The first-order chi connectivity index (χ1) is 8.09.